The Morgan fingerprint density at radius 3 is 2.48 bits per heavy atom. The third-order valence-corrected chi connectivity index (χ3v) is 13.8. The lowest BCUT2D eigenvalue weighted by atomic mass is 9.97. The molecule has 8 rings (SSSR count). The van der Waals surface area contributed by atoms with Crippen LogP contribution in [0.5, 0.6) is 0 Å². The highest BCUT2D eigenvalue weighted by molar-refractivity contribution is 7.91. The summed E-state index contributed by atoms with van der Waals surface area (Å²) in [7, 11) is -3.84. The molecule has 2 aliphatic heterocycles. The lowest BCUT2D eigenvalue weighted by Crippen LogP contribution is -2.49. The Kier molecular flexibility index (Phi) is 7.41. The van der Waals surface area contributed by atoms with E-state index in [0.717, 1.165) is 61.0 Å². The number of rotatable bonds is 9. The van der Waals surface area contributed by atoms with Crippen LogP contribution in [0, 0.1) is 5.82 Å². The van der Waals surface area contributed by atoms with Crippen molar-refractivity contribution in [2.24, 2.45) is 0 Å². The zero-order valence-corrected chi connectivity index (χ0v) is 28.1. The number of amides is 1. The zero-order valence-electron chi connectivity index (χ0n) is 25.0. The number of nitrogens with one attached hydrogen (secondary N) is 2. The first-order chi connectivity index (χ1) is 22.0. The second-order valence-corrected chi connectivity index (χ2v) is 17.3. The molecule has 2 unspecified atom stereocenters. The summed E-state index contributed by atoms with van der Waals surface area (Å²) < 4.78 is 47.9. The molecule has 2 aromatic carbocycles. The number of fused-ring (bicyclic) bond motifs is 3. The summed E-state index contributed by atoms with van der Waals surface area (Å²) in [5.41, 5.74) is 2.55. The van der Waals surface area contributed by atoms with Gasteiger partial charge in [-0.3, -0.25) is 4.79 Å². The Bertz CT molecular complexity index is 1960. The lowest BCUT2D eigenvalue weighted by Gasteiger charge is -2.39. The van der Waals surface area contributed by atoms with E-state index in [-0.39, 0.29) is 29.2 Å². The van der Waals surface area contributed by atoms with Crippen LogP contribution >= 0.6 is 34.5 Å². The molecule has 4 heterocycles. The van der Waals surface area contributed by atoms with Crippen LogP contribution < -0.4 is 14.9 Å². The molecule has 2 atom stereocenters. The number of benzene rings is 2. The summed E-state index contributed by atoms with van der Waals surface area (Å²) in [5, 5.41) is 9.99. The van der Waals surface area contributed by atoms with Gasteiger partial charge in [0.1, 0.15) is 17.0 Å². The zero-order chi connectivity index (χ0) is 32.0. The van der Waals surface area contributed by atoms with E-state index in [4.69, 9.17) is 27.7 Å². The summed E-state index contributed by atoms with van der Waals surface area (Å²) >= 11 is 14.4. The number of piperidine rings is 1. The van der Waals surface area contributed by atoms with Crippen LogP contribution in [0.25, 0.3) is 21.5 Å². The van der Waals surface area contributed by atoms with E-state index in [2.05, 4.69) is 25.1 Å². The quantitative estimate of drug-likeness (QED) is 0.188. The maximum atomic E-state index is 15.2. The summed E-state index contributed by atoms with van der Waals surface area (Å²) in [6.45, 7) is 2.19. The van der Waals surface area contributed by atoms with Crippen molar-refractivity contribution < 1.29 is 22.1 Å². The number of carbonyl (C=O) groups is 1. The van der Waals surface area contributed by atoms with Gasteiger partial charge in [0.25, 0.3) is 5.91 Å². The minimum Gasteiger partial charge on any atom is -0.360 e. The molecule has 2 saturated heterocycles. The summed E-state index contributed by atoms with van der Waals surface area (Å²) in [5.74, 6) is -0.191. The molecule has 46 heavy (non-hydrogen) atoms. The third kappa shape index (κ3) is 5.30. The molecule has 2 saturated carbocycles. The average Bonchev–Trinajstić information content (AvgIpc) is 3.89. The van der Waals surface area contributed by atoms with Crippen LogP contribution in [0.15, 0.2) is 34.9 Å². The first-order valence-corrected chi connectivity index (χ1v) is 18.7. The number of sulfonamides is 1. The third-order valence-electron chi connectivity index (χ3n) is 10.0. The Labute approximate surface area is 279 Å². The van der Waals surface area contributed by atoms with Gasteiger partial charge in [-0.2, -0.15) is 0 Å². The first kappa shape index (κ1) is 30.6. The van der Waals surface area contributed by atoms with E-state index in [9.17, 15) is 13.2 Å². The molecule has 2 bridgehead atoms. The minimum atomic E-state index is -3.84. The smallest absolute Gasteiger partial charge is 0.264 e. The van der Waals surface area contributed by atoms with Crippen molar-refractivity contribution in [1.29, 1.82) is 0 Å². The Morgan fingerprint density at radius 2 is 1.83 bits per heavy atom. The van der Waals surface area contributed by atoms with Gasteiger partial charge in [-0.05, 0) is 82.6 Å². The number of halogens is 3. The van der Waals surface area contributed by atoms with E-state index < -0.39 is 26.5 Å². The van der Waals surface area contributed by atoms with Crippen molar-refractivity contribution in [2.45, 2.75) is 93.6 Å². The summed E-state index contributed by atoms with van der Waals surface area (Å²) in [6.07, 6.45) is 6.95. The maximum Gasteiger partial charge on any atom is 0.264 e. The predicted molar refractivity (Wildman–Crippen MR) is 177 cm³/mol. The monoisotopic (exact) mass is 703 g/mol. The normalized spacial score (nSPS) is 23.7. The first-order valence-electron chi connectivity index (χ1n) is 15.6. The topological polar surface area (TPSA) is 117 Å². The summed E-state index contributed by atoms with van der Waals surface area (Å²) in [4.78, 5) is 19.8. The SMILES string of the molecule is CC1(S(=O)(=O)NC(=O)c2cc(F)c3nc(N4C5CCC4CC(NCc4c(-c6c(Cl)cccc6Cl)noc4C4CC4)C5)sc3c2)CC1. The number of nitrogens with zero attached hydrogens (tertiary/aromatic N) is 3. The van der Waals surface area contributed by atoms with Crippen molar-refractivity contribution in [3.05, 3.63) is 63.1 Å². The largest absolute Gasteiger partial charge is 0.360 e. The highest BCUT2D eigenvalue weighted by atomic mass is 35.5. The fourth-order valence-electron chi connectivity index (χ4n) is 6.95. The van der Waals surface area contributed by atoms with Crippen LogP contribution in [0.4, 0.5) is 9.52 Å². The molecule has 2 aliphatic carbocycles. The standard InChI is InChI=1S/C32H32Cl2FN5O4S2/c1-32(9-10-32)46(42,43)39-30(41)17-11-24(35)28-25(12-17)45-31(37-28)40-19-7-8-20(40)14-18(13-19)36-15-21-27(38-44-29(21)16-5-6-16)26-22(33)3-2-4-23(26)34/h2-4,11-12,16,18-20,36H,5-10,13-15H2,1H3,(H,39,41). The molecule has 0 radical (unpaired) electrons. The van der Waals surface area contributed by atoms with Gasteiger partial charge in [0.2, 0.25) is 10.0 Å². The van der Waals surface area contributed by atoms with Gasteiger partial charge in [-0.1, -0.05) is 45.8 Å². The van der Waals surface area contributed by atoms with Gasteiger partial charge in [0.15, 0.2) is 10.9 Å². The fraction of sp³-hybridized carbons (Fsp3) is 0.469. The highest BCUT2D eigenvalue weighted by Gasteiger charge is 2.51. The molecule has 4 aromatic rings. The second kappa shape index (κ2) is 11.2. The number of hydrogen-bond acceptors (Lipinski definition) is 9. The average molecular weight is 705 g/mol. The van der Waals surface area contributed by atoms with Gasteiger partial charge in [-0.15, -0.1) is 0 Å². The molecular weight excluding hydrogens is 672 g/mol. The summed E-state index contributed by atoms with van der Waals surface area (Å²) in [6, 6.07) is 8.75. The number of aromatic nitrogens is 2. The van der Waals surface area contributed by atoms with Crippen LogP contribution in [0.1, 0.15) is 85.9 Å². The van der Waals surface area contributed by atoms with Crippen molar-refractivity contribution >= 4 is 65.8 Å². The molecule has 4 fully saturated rings. The number of carbonyl (C=O) groups excluding carboxylic acids is 1. The molecule has 9 nitrogen and oxygen atoms in total. The van der Waals surface area contributed by atoms with Crippen LogP contribution in [-0.2, 0) is 16.6 Å². The van der Waals surface area contributed by atoms with Gasteiger partial charge in [0.05, 0.1) is 19.5 Å². The number of anilines is 1. The molecule has 2 N–H and O–H groups in total. The molecule has 14 heteroatoms. The molecule has 4 aliphatic rings. The molecule has 1 amide bonds. The molecule has 2 aromatic heterocycles. The van der Waals surface area contributed by atoms with Crippen molar-refractivity contribution in [1.82, 2.24) is 20.2 Å². The minimum absolute atomic E-state index is 0.0318. The fourth-order valence-corrected chi connectivity index (χ4v) is 9.94. The van der Waals surface area contributed by atoms with Gasteiger partial charge in [0, 0.05) is 47.3 Å². The van der Waals surface area contributed by atoms with Gasteiger partial charge in [-0.25, -0.2) is 22.5 Å². The van der Waals surface area contributed by atoms with Crippen molar-refractivity contribution in [3.8, 4) is 11.3 Å². The van der Waals surface area contributed by atoms with Crippen molar-refractivity contribution in [2.75, 3.05) is 4.90 Å². The Hall–Kier alpha value is -2.77. The molecule has 242 valence electrons. The van der Waals surface area contributed by atoms with E-state index >= 15 is 4.39 Å². The molecular formula is C32H32Cl2FN5O4S2. The predicted octanol–water partition coefficient (Wildman–Crippen LogP) is 7.18. The number of hydrogen-bond donors (Lipinski definition) is 2. The Balaban J connectivity index is 0.991. The Morgan fingerprint density at radius 1 is 1.13 bits per heavy atom. The van der Waals surface area contributed by atoms with E-state index in [1.165, 1.54) is 17.4 Å². The van der Waals surface area contributed by atoms with Crippen LogP contribution in [0.3, 0.4) is 0 Å². The second-order valence-electron chi connectivity index (χ2n) is 13.3. The van der Waals surface area contributed by atoms with E-state index in [1.807, 2.05) is 18.2 Å². The van der Waals surface area contributed by atoms with Gasteiger partial charge >= 0.3 is 0 Å². The highest BCUT2D eigenvalue weighted by Crippen LogP contribution is 2.47. The van der Waals surface area contributed by atoms with E-state index in [0.29, 0.717) is 51.3 Å². The lowest BCUT2D eigenvalue weighted by molar-refractivity contribution is 0.0980. The maximum absolute atomic E-state index is 15.2. The molecule has 0 spiro atoms. The van der Waals surface area contributed by atoms with Crippen LogP contribution in [0.2, 0.25) is 10.0 Å². The van der Waals surface area contributed by atoms with Gasteiger partial charge < -0.3 is 14.7 Å². The van der Waals surface area contributed by atoms with Crippen LogP contribution in [-0.4, -0.2) is 47.3 Å². The van der Waals surface area contributed by atoms with E-state index in [1.54, 1.807) is 6.92 Å². The van der Waals surface area contributed by atoms with Crippen molar-refractivity contribution in [3.63, 3.8) is 0 Å². The number of thiazole rings is 1.